The van der Waals surface area contributed by atoms with E-state index in [0.717, 1.165) is 24.5 Å². The molecule has 2 saturated heterocycles. The van der Waals surface area contributed by atoms with Crippen molar-refractivity contribution in [2.75, 3.05) is 0 Å². The van der Waals surface area contributed by atoms with Crippen LogP contribution in [0.1, 0.15) is 50.3 Å². The van der Waals surface area contributed by atoms with Crippen LogP contribution < -0.4 is 5.73 Å². The smallest absolute Gasteiger partial charge is 0.211 e. The summed E-state index contributed by atoms with van der Waals surface area (Å²) in [6, 6.07) is 1.94. The van der Waals surface area contributed by atoms with E-state index in [1.165, 1.54) is 12.8 Å². The Kier molecular flexibility index (Phi) is 2.71. The van der Waals surface area contributed by atoms with Crippen molar-refractivity contribution in [1.82, 2.24) is 9.88 Å². The van der Waals surface area contributed by atoms with Crippen LogP contribution in [0.25, 0.3) is 0 Å². The van der Waals surface area contributed by atoms with Crippen LogP contribution in [0.4, 0.5) is 0 Å². The fourth-order valence-corrected chi connectivity index (χ4v) is 3.58. The van der Waals surface area contributed by atoms with Crippen molar-refractivity contribution in [3.8, 4) is 0 Å². The minimum absolute atomic E-state index is 0.286. The fraction of sp³-hybridized carbons (Fsp3) is 0.769. The Balaban J connectivity index is 1.81. The Bertz CT molecular complexity index is 389. The van der Waals surface area contributed by atoms with E-state index in [-0.39, 0.29) is 6.04 Å². The van der Waals surface area contributed by atoms with E-state index >= 15 is 0 Å². The Labute approximate surface area is 102 Å². The molecule has 2 fully saturated rings. The topological polar surface area (TPSA) is 55.3 Å². The molecule has 0 spiro atoms. The predicted octanol–water partition coefficient (Wildman–Crippen LogP) is 2.00. The molecule has 17 heavy (non-hydrogen) atoms. The molecule has 2 aliphatic rings. The number of aromatic nitrogens is 1. The van der Waals surface area contributed by atoms with E-state index in [0.29, 0.717) is 18.1 Å². The molecule has 2 N–H and O–H groups in total. The highest BCUT2D eigenvalue weighted by molar-refractivity contribution is 5.03. The van der Waals surface area contributed by atoms with Gasteiger partial charge in [-0.05, 0) is 39.5 Å². The molecule has 3 rings (SSSR count). The first-order valence-corrected chi connectivity index (χ1v) is 6.60. The highest BCUT2D eigenvalue weighted by Gasteiger charge is 2.43. The molecule has 0 amide bonds. The number of nitrogens with zero attached hydrogens (tertiary/aromatic N) is 2. The van der Waals surface area contributed by atoms with Gasteiger partial charge in [0.2, 0.25) is 5.89 Å². The first-order valence-electron chi connectivity index (χ1n) is 6.60. The lowest BCUT2D eigenvalue weighted by Crippen LogP contribution is -2.48. The minimum Gasteiger partial charge on any atom is -0.444 e. The zero-order valence-corrected chi connectivity index (χ0v) is 10.6. The molecule has 2 aliphatic heterocycles. The van der Waals surface area contributed by atoms with E-state index in [1.807, 2.05) is 13.1 Å². The van der Waals surface area contributed by atoms with Crippen LogP contribution in [-0.4, -0.2) is 28.0 Å². The quantitative estimate of drug-likeness (QED) is 0.851. The van der Waals surface area contributed by atoms with Crippen molar-refractivity contribution in [2.24, 2.45) is 5.73 Å². The lowest BCUT2D eigenvalue weighted by atomic mass is 9.96. The molecule has 0 saturated carbocycles. The summed E-state index contributed by atoms with van der Waals surface area (Å²) in [5.41, 5.74) is 6.10. The molecule has 4 heteroatoms. The van der Waals surface area contributed by atoms with Crippen LogP contribution in [0.5, 0.6) is 0 Å². The lowest BCUT2D eigenvalue weighted by Gasteiger charge is -2.40. The first-order chi connectivity index (χ1) is 8.15. The van der Waals surface area contributed by atoms with Crippen LogP contribution in [0.2, 0.25) is 0 Å². The van der Waals surface area contributed by atoms with Crippen molar-refractivity contribution < 1.29 is 4.42 Å². The monoisotopic (exact) mass is 235 g/mol. The summed E-state index contributed by atoms with van der Waals surface area (Å²) >= 11 is 0. The van der Waals surface area contributed by atoms with Gasteiger partial charge in [-0.25, -0.2) is 4.98 Å². The SMILES string of the molecule is Cc1cnc(C(C)N2C3CCC2CC(N)C3)o1. The van der Waals surface area contributed by atoms with Gasteiger partial charge in [0.05, 0.1) is 12.2 Å². The lowest BCUT2D eigenvalue weighted by molar-refractivity contribution is 0.0716. The van der Waals surface area contributed by atoms with Crippen LogP contribution in [0.3, 0.4) is 0 Å². The summed E-state index contributed by atoms with van der Waals surface area (Å²) < 4.78 is 5.67. The van der Waals surface area contributed by atoms with Crippen LogP contribution in [0, 0.1) is 6.92 Å². The number of fused-ring (bicyclic) bond motifs is 2. The van der Waals surface area contributed by atoms with Gasteiger partial charge in [0.1, 0.15) is 5.76 Å². The average Bonchev–Trinajstić information content (AvgIpc) is 2.81. The summed E-state index contributed by atoms with van der Waals surface area (Å²) in [4.78, 5) is 6.95. The molecule has 0 radical (unpaired) electrons. The molecule has 1 aromatic rings. The summed E-state index contributed by atoms with van der Waals surface area (Å²) in [5.74, 6) is 1.75. The Morgan fingerprint density at radius 3 is 2.59 bits per heavy atom. The van der Waals surface area contributed by atoms with Crippen molar-refractivity contribution in [2.45, 2.75) is 63.7 Å². The van der Waals surface area contributed by atoms with Gasteiger partial charge in [0, 0.05) is 18.1 Å². The van der Waals surface area contributed by atoms with Crippen molar-refractivity contribution >= 4 is 0 Å². The second kappa shape index (κ2) is 4.10. The number of hydrogen-bond acceptors (Lipinski definition) is 4. The largest absolute Gasteiger partial charge is 0.444 e. The summed E-state index contributed by atoms with van der Waals surface area (Å²) in [5, 5.41) is 0. The van der Waals surface area contributed by atoms with E-state index in [1.54, 1.807) is 0 Å². The Hall–Kier alpha value is -0.870. The zero-order valence-electron chi connectivity index (χ0n) is 10.6. The molecule has 3 unspecified atom stereocenters. The molecule has 0 aromatic carbocycles. The van der Waals surface area contributed by atoms with Gasteiger partial charge in [0.15, 0.2) is 0 Å². The molecular formula is C13H21N3O. The van der Waals surface area contributed by atoms with Gasteiger partial charge in [-0.2, -0.15) is 0 Å². The minimum atomic E-state index is 0.286. The summed E-state index contributed by atoms with van der Waals surface area (Å²) in [6.07, 6.45) is 6.62. The number of piperidine rings is 1. The van der Waals surface area contributed by atoms with Gasteiger partial charge < -0.3 is 10.2 Å². The first kappa shape index (κ1) is 11.2. The molecular weight excluding hydrogens is 214 g/mol. The Morgan fingerprint density at radius 2 is 2.06 bits per heavy atom. The Morgan fingerprint density at radius 1 is 1.41 bits per heavy atom. The van der Waals surface area contributed by atoms with Gasteiger partial charge in [-0.15, -0.1) is 0 Å². The van der Waals surface area contributed by atoms with Gasteiger partial charge in [-0.3, -0.25) is 4.90 Å². The summed E-state index contributed by atoms with van der Waals surface area (Å²) in [6.45, 7) is 4.15. The van der Waals surface area contributed by atoms with Gasteiger partial charge in [0.25, 0.3) is 0 Å². The van der Waals surface area contributed by atoms with E-state index in [4.69, 9.17) is 10.2 Å². The fourth-order valence-electron chi connectivity index (χ4n) is 3.58. The number of hydrogen-bond donors (Lipinski definition) is 1. The van der Waals surface area contributed by atoms with Crippen LogP contribution in [-0.2, 0) is 0 Å². The third-order valence-electron chi connectivity index (χ3n) is 4.27. The van der Waals surface area contributed by atoms with E-state index < -0.39 is 0 Å². The number of aryl methyl sites for hydroxylation is 1. The van der Waals surface area contributed by atoms with Crippen molar-refractivity contribution in [3.63, 3.8) is 0 Å². The normalized spacial score (nSPS) is 35.1. The van der Waals surface area contributed by atoms with Gasteiger partial charge in [-0.1, -0.05) is 0 Å². The molecule has 94 valence electrons. The highest BCUT2D eigenvalue weighted by atomic mass is 16.4. The molecule has 4 nitrogen and oxygen atoms in total. The van der Waals surface area contributed by atoms with E-state index in [9.17, 15) is 0 Å². The zero-order chi connectivity index (χ0) is 12.0. The molecule has 2 bridgehead atoms. The molecule has 1 aromatic heterocycles. The second-order valence-corrected chi connectivity index (χ2v) is 5.55. The third kappa shape index (κ3) is 1.89. The van der Waals surface area contributed by atoms with Crippen molar-refractivity contribution in [3.05, 3.63) is 17.8 Å². The van der Waals surface area contributed by atoms with E-state index in [2.05, 4.69) is 16.8 Å². The number of oxazole rings is 1. The maximum Gasteiger partial charge on any atom is 0.211 e. The predicted molar refractivity (Wildman–Crippen MR) is 65.5 cm³/mol. The average molecular weight is 235 g/mol. The standard InChI is InChI=1S/C13H21N3O/c1-8-7-15-13(17-8)9(2)16-11-3-4-12(16)6-10(14)5-11/h7,9-12H,3-6,14H2,1-2H3. The molecule has 3 heterocycles. The second-order valence-electron chi connectivity index (χ2n) is 5.55. The number of rotatable bonds is 2. The van der Waals surface area contributed by atoms with Gasteiger partial charge >= 0.3 is 0 Å². The third-order valence-corrected chi connectivity index (χ3v) is 4.27. The van der Waals surface area contributed by atoms with Crippen molar-refractivity contribution in [1.29, 1.82) is 0 Å². The number of nitrogens with two attached hydrogens (primary N) is 1. The molecule has 0 aliphatic carbocycles. The summed E-state index contributed by atoms with van der Waals surface area (Å²) in [7, 11) is 0. The van der Waals surface area contributed by atoms with Crippen LogP contribution >= 0.6 is 0 Å². The van der Waals surface area contributed by atoms with Crippen LogP contribution in [0.15, 0.2) is 10.6 Å². The maximum atomic E-state index is 6.10. The highest BCUT2D eigenvalue weighted by Crippen LogP contribution is 2.40. The molecule has 3 atom stereocenters. The maximum absolute atomic E-state index is 6.10.